The molecule has 0 saturated carbocycles. The Morgan fingerprint density at radius 3 is 2.14 bits per heavy atom. The molecule has 0 amide bonds. The van der Waals surface area contributed by atoms with Crippen LogP contribution < -0.4 is 0 Å². The van der Waals surface area contributed by atoms with E-state index >= 15 is 0 Å². The number of rotatable bonds is 2. The van der Waals surface area contributed by atoms with Crippen molar-refractivity contribution in [2.45, 2.75) is 0 Å². The van der Waals surface area contributed by atoms with Crippen LogP contribution in [0.5, 0.6) is 0 Å². The van der Waals surface area contributed by atoms with Crippen LogP contribution in [0.15, 0.2) is 42.9 Å². The molecule has 3 rings (SSSR count). The smallest absolute Gasteiger partial charge is 0.182 e. The monoisotopic (exact) mass is 320 g/mol. The summed E-state index contributed by atoms with van der Waals surface area (Å²) in [5, 5.41) is 0.338. The van der Waals surface area contributed by atoms with Crippen molar-refractivity contribution in [3.8, 4) is 22.6 Å². The Morgan fingerprint density at radius 1 is 0.905 bits per heavy atom. The van der Waals surface area contributed by atoms with Gasteiger partial charge in [0.2, 0.25) is 0 Å². The molecule has 0 radical (unpaired) electrons. The summed E-state index contributed by atoms with van der Waals surface area (Å²) in [6.07, 6.45) is 4.58. The minimum absolute atomic E-state index is 0.169. The summed E-state index contributed by atoms with van der Waals surface area (Å²) in [5.41, 5.74) is 1.55. The van der Waals surface area contributed by atoms with Crippen LogP contribution in [0, 0.1) is 5.82 Å². The van der Waals surface area contributed by atoms with Gasteiger partial charge in [0.15, 0.2) is 5.82 Å². The highest BCUT2D eigenvalue weighted by molar-refractivity contribution is 6.37. The maximum absolute atomic E-state index is 13.0. The van der Waals surface area contributed by atoms with E-state index in [1.165, 1.54) is 24.5 Å². The van der Waals surface area contributed by atoms with Gasteiger partial charge in [-0.15, -0.1) is 0 Å². The summed E-state index contributed by atoms with van der Waals surface area (Å²) in [6.45, 7) is 0. The van der Waals surface area contributed by atoms with Gasteiger partial charge in [-0.1, -0.05) is 35.3 Å². The first-order valence-corrected chi connectivity index (χ1v) is 6.66. The molecule has 2 heterocycles. The van der Waals surface area contributed by atoms with E-state index < -0.39 is 0 Å². The van der Waals surface area contributed by atoms with Gasteiger partial charge in [0.25, 0.3) is 0 Å². The predicted molar refractivity (Wildman–Crippen MR) is 78.5 cm³/mol. The fourth-order valence-corrected chi connectivity index (χ4v) is 2.40. The van der Waals surface area contributed by atoms with Gasteiger partial charge in [-0.2, -0.15) is 0 Å². The van der Waals surface area contributed by atoms with Crippen LogP contribution >= 0.6 is 23.2 Å². The molecule has 0 aliphatic heterocycles. The maximum atomic E-state index is 13.0. The molecule has 0 atom stereocenters. The van der Waals surface area contributed by atoms with Gasteiger partial charge < -0.3 is 0 Å². The first-order valence-electron chi connectivity index (χ1n) is 5.90. The second-order valence-electron chi connectivity index (χ2n) is 4.10. The molecule has 3 aromatic rings. The van der Waals surface area contributed by atoms with Crippen LogP contribution in [0.3, 0.4) is 0 Å². The number of hydrogen-bond acceptors (Lipinski definition) is 4. The van der Waals surface area contributed by atoms with Gasteiger partial charge in [0, 0.05) is 12.4 Å². The molecule has 0 N–H and O–H groups in total. The lowest BCUT2D eigenvalue weighted by molar-refractivity contribution is 0.628. The predicted octanol–water partition coefficient (Wildman–Crippen LogP) is 4.05. The third kappa shape index (κ3) is 2.84. The molecule has 0 saturated heterocycles. The minimum atomic E-state index is -0.344. The van der Waals surface area contributed by atoms with Crippen molar-refractivity contribution < 1.29 is 4.39 Å². The largest absolute Gasteiger partial charge is 0.261 e. The molecule has 7 heteroatoms. The molecule has 1 aromatic carbocycles. The highest BCUT2D eigenvalue weighted by atomic mass is 35.5. The lowest BCUT2D eigenvalue weighted by atomic mass is 10.1. The lowest BCUT2D eigenvalue weighted by Crippen LogP contribution is -1.96. The van der Waals surface area contributed by atoms with Crippen molar-refractivity contribution >= 4 is 23.2 Å². The van der Waals surface area contributed by atoms with Gasteiger partial charge in [-0.25, -0.2) is 19.3 Å². The highest BCUT2D eigenvalue weighted by Crippen LogP contribution is 2.33. The zero-order valence-corrected chi connectivity index (χ0v) is 12.0. The maximum Gasteiger partial charge on any atom is 0.182 e. The van der Waals surface area contributed by atoms with Gasteiger partial charge in [-0.3, -0.25) is 4.98 Å². The number of aromatic nitrogens is 4. The number of nitrogens with zero attached hydrogens (tertiary/aromatic N) is 4. The summed E-state index contributed by atoms with van der Waals surface area (Å²) >= 11 is 12.4. The van der Waals surface area contributed by atoms with E-state index in [9.17, 15) is 4.39 Å². The Balaban J connectivity index is 2.11. The zero-order valence-electron chi connectivity index (χ0n) is 10.5. The Hall–Kier alpha value is -2.11. The second-order valence-corrected chi connectivity index (χ2v) is 4.82. The van der Waals surface area contributed by atoms with E-state index in [4.69, 9.17) is 23.2 Å². The summed E-state index contributed by atoms with van der Waals surface area (Å²) in [7, 11) is 0. The molecule has 104 valence electrons. The number of halogens is 3. The molecule has 0 unspecified atom stereocenters. The molecule has 0 spiro atoms. The molecular formula is C14H7Cl2FN4. The van der Waals surface area contributed by atoms with Crippen molar-refractivity contribution in [3.63, 3.8) is 0 Å². The average molecular weight is 321 g/mol. The Kier molecular flexibility index (Phi) is 3.77. The molecule has 0 fully saturated rings. The van der Waals surface area contributed by atoms with Crippen LogP contribution in [-0.2, 0) is 0 Å². The van der Waals surface area contributed by atoms with Crippen molar-refractivity contribution in [2.75, 3.05) is 0 Å². The van der Waals surface area contributed by atoms with Crippen LogP contribution in [-0.4, -0.2) is 19.9 Å². The van der Waals surface area contributed by atoms with E-state index in [1.54, 1.807) is 18.3 Å². The van der Waals surface area contributed by atoms with Gasteiger partial charge in [-0.05, 0) is 17.7 Å². The number of hydrogen-bond donors (Lipinski definition) is 0. The van der Waals surface area contributed by atoms with Gasteiger partial charge >= 0.3 is 0 Å². The normalized spacial score (nSPS) is 10.6. The third-order valence-corrected chi connectivity index (χ3v) is 3.29. The molecule has 0 bridgehead atoms. The van der Waals surface area contributed by atoms with Crippen molar-refractivity contribution in [2.24, 2.45) is 0 Å². The highest BCUT2D eigenvalue weighted by Gasteiger charge is 2.15. The number of benzene rings is 1. The van der Waals surface area contributed by atoms with Crippen molar-refractivity contribution in [3.05, 3.63) is 59.0 Å². The molecule has 2 aromatic heterocycles. The summed E-state index contributed by atoms with van der Waals surface area (Å²) < 4.78 is 13.0. The Morgan fingerprint density at radius 2 is 1.57 bits per heavy atom. The Labute approximate surface area is 129 Å². The van der Waals surface area contributed by atoms with E-state index in [0.717, 1.165) is 0 Å². The summed E-state index contributed by atoms with van der Waals surface area (Å²) in [4.78, 5) is 16.4. The molecular weight excluding hydrogens is 314 g/mol. The standard InChI is InChI=1S/C14H7Cl2FN4/c15-12-11(8-1-3-9(17)4-2-8)13(16)21-14(20-12)10-7-18-5-6-19-10/h1-7H. The topological polar surface area (TPSA) is 51.6 Å². The average Bonchev–Trinajstić information content (AvgIpc) is 2.49. The van der Waals surface area contributed by atoms with E-state index in [-0.39, 0.29) is 21.9 Å². The van der Waals surface area contributed by atoms with E-state index in [2.05, 4.69) is 19.9 Å². The van der Waals surface area contributed by atoms with Gasteiger partial charge in [0.05, 0.1) is 11.8 Å². The quantitative estimate of drug-likeness (QED) is 0.668. The summed E-state index contributed by atoms with van der Waals surface area (Å²) in [6, 6.07) is 5.76. The van der Waals surface area contributed by atoms with E-state index in [1.807, 2.05) is 0 Å². The van der Waals surface area contributed by atoms with Crippen LogP contribution in [0.25, 0.3) is 22.6 Å². The molecule has 4 nitrogen and oxygen atoms in total. The second kappa shape index (κ2) is 5.71. The van der Waals surface area contributed by atoms with Crippen LogP contribution in [0.4, 0.5) is 4.39 Å². The minimum Gasteiger partial charge on any atom is -0.261 e. The first-order chi connectivity index (χ1) is 10.1. The fourth-order valence-electron chi connectivity index (χ4n) is 1.79. The molecule has 0 aliphatic carbocycles. The first kappa shape index (κ1) is 13.9. The lowest BCUT2D eigenvalue weighted by Gasteiger charge is -2.08. The molecule has 21 heavy (non-hydrogen) atoms. The van der Waals surface area contributed by atoms with Crippen molar-refractivity contribution in [1.29, 1.82) is 0 Å². The van der Waals surface area contributed by atoms with Gasteiger partial charge in [0.1, 0.15) is 21.8 Å². The Bertz CT molecular complexity index is 756. The SMILES string of the molecule is Fc1ccc(-c2c(Cl)nc(-c3cnccn3)nc2Cl)cc1. The van der Waals surface area contributed by atoms with Crippen molar-refractivity contribution in [1.82, 2.24) is 19.9 Å². The third-order valence-electron chi connectivity index (χ3n) is 2.75. The van der Waals surface area contributed by atoms with E-state index in [0.29, 0.717) is 16.8 Å². The van der Waals surface area contributed by atoms with Crippen LogP contribution in [0.2, 0.25) is 10.3 Å². The zero-order chi connectivity index (χ0) is 14.8. The summed E-state index contributed by atoms with van der Waals surface area (Å²) in [5.74, 6) is -0.0629. The molecule has 0 aliphatic rings. The van der Waals surface area contributed by atoms with Crippen LogP contribution in [0.1, 0.15) is 0 Å². The fraction of sp³-hybridized carbons (Fsp3) is 0.